The molecule has 4 rings (SSSR count). The number of fused-ring (bicyclic) bond motifs is 1. The number of hydrogen-bond donors (Lipinski definition) is 2. The summed E-state index contributed by atoms with van der Waals surface area (Å²) < 4.78 is 0. The third kappa shape index (κ3) is 5.47. The van der Waals surface area contributed by atoms with Crippen LogP contribution in [0.1, 0.15) is 62.3 Å². The second-order valence-corrected chi connectivity index (χ2v) is 9.30. The molecule has 0 radical (unpaired) electrons. The van der Waals surface area contributed by atoms with E-state index >= 15 is 0 Å². The SMILES string of the molecule is C/C(=C\c1ccccc1)C(=O)N[C@H]1CC[C@@H](Nc2nc3c(c(N(C)C)n2)CCCC3)CC1. The van der Waals surface area contributed by atoms with Crippen molar-refractivity contribution < 1.29 is 4.79 Å². The molecule has 6 heteroatoms. The number of nitrogens with one attached hydrogen (secondary N) is 2. The summed E-state index contributed by atoms with van der Waals surface area (Å²) in [7, 11) is 4.12. The number of benzene rings is 1. The van der Waals surface area contributed by atoms with Gasteiger partial charge in [-0.15, -0.1) is 0 Å². The summed E-state index contributed by atoms with van der Waals surface area (Å²) in [6.07, 6.45) is 10.4. The van der Waals surface area contributed by atoms with Crippen LogP contribution in [0.4, 0.5) is 11.8 Å². The zero-order valence-electron chi connectivity index (χ0n) is 19.5. The third-order valence-electron chi connectivity index (χ3n) is 6.52. The Morgan fingerprint density at radius 2 is 1.69 bits per heavy atom. The van der Waals surface area contributed by atoms with Gasteiger partial charge in [0.2, 0.25) is 11.9 Å². The number of carbonyl (C=O) groups is 1. The fraction of sp³-hybridized carbons (Fsp3) is 0.500. The molecule has 2 aliphatic carbocycles. The topological polar surface area (TPSA) is 70.2 Å². The lowest BCUT2D eigenvalue weighted by atomic mass is 9.91. The Balaban J connectivity index is 1.32. The maximum atomic E-state index is 12.6. The minimum Gasteiger partial charge on any atom is -0.362 e. The minimum atomic E-state index is 0.0268. The van der Waals surface area contributed by atoms with Crippen LogP contribution in [-0.2, 0) is 17.6 Å². The summed E-state index contributed by atoms with van der Waals surface area (Å²) in [6.45, 7) is 1.88. The highest BCUT2D eigenvalue weighted by Crippen LogP contribution is 2.29. The van der Waals surface area contributed by atoms with E-state index < -0.39 is 0 Å². The van der Waals surface area contributed by atoms with Gasteiger partial charge in [0.25, 0.3) is 0 Å². The fourth-order valence-corrected chi connectivity index (χ4v) is 4.74. The molecule has 0 spiro atoms. The van der Waals surface area contributed by atoms with Crippen LogP contribution in [0, 0.1) is 0 Å². The molecule has 0 unspecified atom stereocenters. The van der Waals surface area contributed by atoms with Crippen LogP contribution < -0.4 is 15.5 Å². The van der Waals surface area contributed by atoms with Gasteiger partial charge in [-0.1, -0.05) is 30.3 Å². The lowest BCUT2D eigenvalue weighted by molar-refractivity contribution is -0.118. The molecule has 0 saturated heterocycles. The van der Waals surface area contributed by atoms with E-state index in [9.17, 15) is 4.79 Å². The maximum Gasteiger partial charge on any atom is 0.247 e. The molecule has 2 N–H and O–H groups in total. The normalized spacial score (nSPS) is 20.9. The zero-order valence-corrected chi connectivity index (χ0v) is 19.5. The highest BCUT2D eigenvalue weighted by atomic mass is 16.1. The van der Waals surface area contributed by atoms with E-state index in [1.807, 2.05) is 43.3 Å². The Bertz CT molecular complexity index is 962. The Labute approximate surface area is 191 Å². The van der Waals surface area contributed by atoms with Crippen molar-refractivity contribution in [3.8, 4) is 0 Å². The summed E-state index contributed by atoms with van der Waals surface area (Å²) >= 11 is 0. The summed E-state index contributed by atoms with van der Waals surface area (Å²) in [5, 5.41) is 6.80. The predicted molar refractivity (Wildman–Crippen MR) is 131 cm³/mol. The third-order valence-corrected chi connectivity index (χ3v) is 6.52. The van der Waals surface area contributed by atoms with Crippen molar-refractivity contribution in [3.63, 3.8) is 0 Å². The monoisotopic (exact) mass is 433 g/mol. The average molecular weight is 434 g/mol. The minimum absolute atomic E-state index is 0.0268. The van der Waals surface area contributed by atoms with Crippen molar-refractivity contribution in [2.24, 2.45) is 0 Å². The van der Waals surface area contributed by atoms with Gasteiger partial charge >= 0.3 is 0 Å². The number of anilines is 2. The number of aromatic nitrogens is 2. The van der Waals surface area contributed by atoms with Crippen molar-refractivity contribution in [1.82, 2.24) is 15.3 Å². The van der Waals surface area contributed by atoms with Crippen molar-refractivity contribution in [3.05, 3.63) is 52.7 Å². The highest BCUT2D eigenvalue weighted by molar-refractivity contribution is 5.97. The van der Waals surface area contributed by atoms with Crippen molar-refractivity contribution in [2.75, 3.05) is 24.3 Å². The molecule has 1 heterocycles. The van der Waals surface area contributed by atoms with Gasteiger partial charge in [-0.25, -0.2) is 4.98 Å². The first kappa shape index (κ1) is 22.3. The van der Waals surface area contributed by atoms with Gasteiger partial charge in [-0.3, -0.25) is 4.79 Å². The molecule has 1 aromatic carbocycles. The smallest absolute Gasteiger partial charge is 0.247 e. The number of hydrogen-bond acceptors (Lipinski definition) is 5. The molecule has 0 aliphatic heterocycles. The fourth-order valence-electron chi connectivity index (χ4n) is 4.74. The summed E-state index contributed by atoms with van der Waals surface area (Å²) in [4.78, 5) is 24.4. The van der Waals surface area contributed by atoms with Gasteiger partial charge in [-0.05, 0) is 69.9 Å². The van der Waals surface area contributed by atoms with Crippen molar-refractivity contribution in [2.45, 2.75) is 70.4 Å². The largest absolute Gasteiger partial charge is 0.362 e. The van der Waals surface area contributed by atoms with Crippen molar-refractivity contribution >= 4 is 23.7 Å². The van der Waals surface area contributed by atoms with Gasteiger partial charge in [0.15, 0.2) is 0 Å². The first-order chi connectivity index (χ1) is 15.5. The molecule has 2 aromatic rings. The Morgan fingerprint density at radius 3 is 2.41 bits per heavy atom. The zero-order chi connectivity index (χ0) is 22.5. The first-order valence-electron chi connectivity index (χ1n) is 11.9. The van der Waals surface area contributed by atoms with Crippen LogP contribution >= 0.6 is 0 Å². The first-order valence-corrected chi connectivity index (χ1v) is 11.9. The second kappa shape index (κ2) is 10.2. The van der Waals surface area contributed by atoms with Gasteiger partial charge < -0.3 is 15.5 Å². The van der Waals surface area contributed by atoms with Gasteiger partial charge in [0.1, 0.15) is 5.82 Å². The summed E-state index contributed by atoms with van der Waals surface area (Å²) in [5.74, 6) is 1.83. The van der Waals surface area contributed by atoms with Crippen molar-refractivity contribution in [1.29, 1.82) is 0 Å². The molecule has 0 bridgehead atoms. The quantitative estimate of drug-likeness (QED) is 0.662. The number of aryl methyl sites for hydroxylation is 1. The number of carbonyl (C=O) groups excluding carboxylic acids is 1. The number of nitrogens with zero attached hydrogens (tertiary/aromatic N) is 3. The summed E-state index contributed by atoms with van der Waals surface area (Å²) in [6, 6.07) is 10.5. The van der Waals surface area contributed by atoms with E-state index in [2.05, 4.69) is 29.6 Å². The highest BCUT2D eigenvalue weighted by Gasteiger charge is 2.25. The maximum absolute atomic E-state index is 12.6. The van der Waals surface area contributed by atoms with E-state index in [1.54, 1.807) is 0 Å². The average Bonchev–Trinajstić information content (AvgIpc) is 2.80. The van der Waals surface area contributed by atoms with Crippen LogP contribution in [-0.4, -0.2) is 42.1 Å². The molecule has 2 aliphatic rings. The lowest BCUT2D eigenvalue weighted by Crippen LogP contribution is -2.40. The van der Waals surface area contributed by atoms with Gasteiger partial charge in [0, 0.05) is 37.3 Å². The molecule has 1 aromatic heterocycles. The lowest BCUT2D eigenvalue weighted by Gasteiger charge is -2.30. The molecule has 1 saturated carbocycles. The van der Waals surface area contributed by atoms with Crippen LogP contribution in [0.3, 0.4) is 0 Å². The Morgan fingerprint density at radius 1 is 1.00 bits per heavy atom. The Hall–Kier alpha value is -2.89. The second-order valence-electron chi connectivity index (χ2n) is 9.30. The van der Waals surface area contributed by atoms with Crippen LogP contribution in [0.25, 0.3) is 6.08 Å². The van der Waals surface area contributed by atoms with E-state index in [-0.39, 0.29) is 11.9 Å². The van der Waals surface area contributed by atoms with E-state index in [1.165, 1.54) is 24.1 Å². The number of amides is 1. The standard InChI is InChI=1S/C26H35N5O/c1-18(17-19-9-5-4-6-10-19)25(32)27-20-13-15-21(16-14-20)28-26-29-23-12-8-7-11-22(23)24(30-26)31(2)3/h4-6,9-10,17,20-21H,7-8,11-16H2,1-3H3,(H,27,32)(H,28,29,30)/b18-17+/t20-,21+. The molecule has 170 valence electrons. The Kier molecular flexibility index (Phi) is 7.08. The van der Waals surface area contributed by atoms with Crippen LogP contribution in [0.15, 0.2) is 35.9 Å². The van der Waals surface area contributed by atoms with Gasteiger partial charge in [-0.2, -0.15) is 4.98 Å². The molecule has 32 heavy (non-hydrogen) atoms. The predicted octanol–water partition coefficient (Wildman–Crippen LogP) is 4.36. The van der Waals surface area contributed by atoms with Gasteiger partial charge in [0.05, 0.1) is 5.69 Å². The van der Waals surface area contributed by atoms with Crippen LogP contribution in [0.5, 0.6) is 0 Å². The molecular formula is C26H35N5O. The van der Waals surface area contributed by atoms with E-state index in [0.717, 1.165) is 61.4 Å². The molecule has 1 amide bonds. The van der Waals surface area contributed by atoms with Crippen LogP contribution in [0.2, 0.25) is 0 Å². The molecule has 0 atom stereocenters. The molecule has 6 nitrogen and oxygen atoms in total. The van der Waals surface area contributed by atoms with E-state index in [4.69, 9.17) is 9.97 Å². The number of rotatable bonds is 6. The molecular weight excluding hydrogens is 398 g/mol. The summed E-state index contributed by atoms with van der Waals surface area (Å²) in [5.41, 5.74) is 4.32. The van der Waals surface area contributed by atoms with E-state index in [0.29, 0.717) is 6.04 Å². The molecule has 1 fully saturated rings.